The molecule has 1 fully saturated rings. The van der Waals surface area contributed by atoms with Crippen LogP contribution in [0.2, 0.25) is 5.02 Å². The highest BCUT2D eigenvalue weighted by Gasteiger charge is 2.20. The van der Waals surface area contributed by atoms with E-state index in [4.69, 9.17) is 27.3 Å². The minimum atomic E-state index is 0.380. The normalized spacial score (nSPS) is 14.6. The van der Waals surface area contributed by atoms with Crippen molar-refractivity contribution in [1.29, 1.82) is 0 Å². The predicted octanol–water partition coefficient (Wildman–Crippen LogP) is 6.34. The highest BCUT2D eigenvalue weighted by Crippen LogP contribution is 2.36. The summed E-state index contributed by atoms with van der Waals surface area (Å²) in [5, 5.41) is 5.10. The van der Waals surface area contributed by atoms with Crippen molar-refractivity contribution in [3.05, 3.63) is 65.8 Å². The summed E-state index contributed by atoms with van der Waals surface area (Å²) in [7, 11) is 0. The molecule has 0 saturated heterocycles. The van der Waals surface area contributed by atoms with Gasteiger partial charge in [-0.05, 0) is 31.0 Å². The van der Waals surface area contributed by atoms with Gasteiger partial charge in [0.1, 0.15) is 0 Å². The van der Waals surface area contributed by atoms with Crippen molar-refractivity contribution in [2.75, 3.05) is 11.1 Å². The van der Waals surface area contributed by atoms with E-state index in [1.165, 1.54) is 19.3 Å². The second-order valence-corrected chi connectivity index (χ2v) is 8.44. The Balaban J connectivity index is 1.67. The van der Waals surface area contributed by atoms with E-state index in [9.17, 15) is 0 Å². The number of benzene rings is 2. The topological polar surface area (TPSA) is 76.7 Å². The lowest BCUT2D eigenvalue weighted by Crippen LogP contribution is -2.24. The lowest BCUT2D eigenvalue weighted by Gasteiger charge is -2.24. The van der Waals surface area contributed by atoms with Crippen LogP contribution in [0.5, 0.6) is 0 Å². The van der Waals surface area contributed by atoms with E-state index in [-0.39, 0.29) is 0 Å². The van der Waals surface area contributed by atoms with Gasteiger partial charge in [-0.25, -0.2) is 9.97 Å². The number of pyridine rings is 1. The number of nitrogens with one attached hydrogen (secondary N) is 1. The van der Waals surface area contributed by atoms with Crippen LogP contribution in [0.15, 0.2) is 60.8 Å². The summed E-state index contributed by atoms with van der Waals surface area (Å²) >= 11 is 6.59. The van der Waals surface area contributed by atoms with E-state index < -0.39 is 0 Å². The number of nitrogen functional groups attached to an aromatic ring is 1. The van der Waals surface area contributed by atoms with Crippen LogP contribution in [0.1, 0.15) is 32.1 Å². The molecule has 2 heterocycles. The van der Waals surface area contributed by atoms with Crippen LogP contribution >= 0.6 is 11.6 Å². The number of nitrogens with two attached hydrogens (primary N) is 1. The molecular formula is C25H24ClN5. The average molecular weight is 430 g/mol. The number of nitrogens with zero attached hydrogens (tertiary/aromatic N) is 3. The van der Waals surface area contributed by atoms with Gasteiger partial charge in [-0.1, -0.05) is 67.3 Å². The first-order valence-corrected chi connectivity index (χ1v) is 11.1. The van der Waals surface area contributed by atoms with Gasteiger partial charge in [0.05, 0.1) is 21.9 Å². The van der Waals surface area contributed by atoms with Crippen LogP contribution in [0.3, 0.4) is 0 Å². The van der Waals surface area contributed by atoms with Crippen LogP contribution < -0.4 is 11.1 Å². The molecule has 0 spiro atoms. The maximum atomic E-state index is 6.59. The zero-order valence-electron chi connectivity index (χ0n) is 17.2. The number of rotatable bonds is 4. The molecule has 2 aromatic heterocycles. The van der Waals surface area contributed by atoms with E-state index in [0.717, 1.165) is 46.3 Å². The molecule has 1 aliphatic carbocycles. The number of anilines is 2. The van der Waals surface area contributed by atoms with Gasteiger partial charge < -0.3 is 11.1 Å². The predicted molar refractivity (Wildman–Crippen MR) is 128 cm³/mol. The summed E-state index contributed by atoms with van der Waals surface area (Å²) in [5.74, 6) is 1.06. The van der Waals surface area contributed by atoms with Crippen molar-refractivity contribution in [3.8, 4) is 22.5 Å². The van der Waals surface area contributed by atoms with Gasteiger partial charge in [0, 0.05) is 28.8 Å². The molecular weight excluding hydrogens is 406 g/mol. The van der Waals surface area contributed by atoms with Crippen LogP contribution in [0.25, 0.3) is 33.4 Å². The third-order valence-electron chi connectivity index (χ3n) is 5.85. The molecule has 0 atom stereocenters. The molecule has 0 unspecified atom stereocenters. The monoisotopic (exact) mass is 429 g/mol. The molecule has 0 bridgehead atoms. The fourth-order valence-electron chi connectivity index (χ4n) is 4.28. The summed E-state index contributed by atoms with van der Waals surface area (Å²) in [6.45, 7) is 0. The minimum absolute atomic E-state index is 0.380. The zero-order valence-corrected chi connectivity index (χ0v) is 17.9. The molecule has 5 nitrogen and oxygen atoms in total. The summed E-state index contributed by atoms with van der Waals surface area (Å²) in [5.41, 5.74) is 10.5. The second-order valence-electron chi connectivity index (χ2n) is 8.03. The highest BCUT2D eigenvalue weighted by molar-refractivity contribution is 6.35. The van der Waals surface area contributed by atoms with Crippen molar-refractivity contribution in [2.45, 2.75) is 38.1 Å². The fraction of sp³-hybridized carbons (Fsp3) is 0.240. The molecule has 1 saturated carbocycles. The molecule has 0 aliphatic heterocycles. The van der Waals surface area contributed by atoms with Gasteiger partial charge in [0.2, 0.25) is 0 Å². The second kappa shape index (κ2) is 8.52. The third kappa shape index (κ3) is 4.06. The van der Waals surface area contributed by atoms with E-state index in [2.05, 4.69) is 16.4 Å². The van der Waals surface area contributed by atoms with E-state index in [0.29, 0.717) is 22.7 Å². The van der Waals surface area contributed by atoms with Crippen molar-refractivity contribution in [2.24, 2.45) is 0 Å². The quantitative estimate of drug-likeness (QED) is 0.395. The number of hydrogen-bond donors (Lipinski definition) is 2. The Morgan fingerprint density at radius 3 is 2.45 bits per heavy atom. The van der Waals surface area contributed by atoms with Gasteiger partial charge in [0.25, 0.3) is 0 Å². The smallest absolute Gasteiger partial charge is 0.169 e. The molecule has 156 valence electrons. The van der Waals surface area contributed by atoms with E-state index >= 15 is 0 Å². The summed E-state index contributed by atoms with van der Waals surface area (Å²) < 4.78 is 0. The Bertz CT molecular complexity index is 1220. The van der Waals surface area contributed by atoms with Crippen molar-refractivity contribution < 1.29 is 0 Å². The molecule has 31 heavy (non-hydrogen) atoms. The Morgan fingerprint density at radius 1 is 0.871 bits per heavy atom. The van der Waals surface area contributed by atoms with Gasteiger partial charge in [-0.15, -0.1) is 0 Å². The van der Waals surface area contributed by atoms with Crippen LogP contribution in [-0.4, -0.2) is 21.0 Å². The molecule has 5 rings (SSSR count). The lowest BCUT2D eigenvalue weighted by molar-refractivity contribution is 0.462. The third-order valence-corrected chi connectivity index (χ3v) is 6.14. The number of hydrogen-bond acceptors (Lipinski definition) is 5. The molecule has 6 heteroatoms. The number of halogens is 1. The Hall–Kier alpha value is -3.18. The molecule has 4 aromatic rings. The summed E-state index contributed by atoms with van der Waals surface area (Å²) in [6.07, 6.45) is 7.76. The first-order chi connectivity index (χ1) is 15.2. The average Bonchev–Trinajstić information content (AvgIpc) is 2.81. The molecule has 0 amide bonds. The first kappa shape index (κ1) is 19.8. The zero-order chi connectivity index (χ0) is 21.2. The van der Waals surface area contributed by atoms with Crippen LogP contribution in [0, 0.1) is 0 Å². The maximum absolute atomic E-state index is 6.59. The molecule has 0 radical (unpaired) electrons. The Morgan fingerprint density at radius 2 is 1.65 bits per heavy atom. The van der Waals surface area contributed by atoms with Crippen molar-refractivity contribution in [1.82, 2.24) is 15.0 Å². The highest BCUT2D eigenvalue weighted by atomic mass is 35.5. The summed E-state index contributed by atoms with van der Waals surface area (Å²) in [6, 6.07) is 18.3. The Labute approximate surface area is 186 Å². The lowest BCUT2D eigenvalue weighted by atomic mass is 9.95. The molecule has 1 aliphatic rings. The van der Waals surface area contributed by atoms with Crippen LogP contribution in [-0.2, 0) is 0 Å². The van der Waals surface area contributed by atoms with E-state index in [1.54, 1.807) is 6.20 Å². The van der Waals surface area contributed by atoms with Gasteiger partial charge in [-0.2, -0.15) is 0 Å². The number of aromatic nitrogens is 3. The van der Waals surface area contributed by atoms with Gasteiger partial charge in [0.15, 0.2) is 11.6 Å². The maximum Gasteiger partial charge on any atom is 0.169 e. The SMILES string of the molecule is Nc1nc(-c2ccccc2)c(-c2cc(Cl)c3ncccc3c2)nc1NC1CCCCC1. The van der Waals surface area contributed by atoms with Crippen LogP contribution in [0.4, 0.5) is 11.6 Å². The molecule has 2 aromatic carbocycles. The van der Waals surface area contributed by atoms with Gasteiger partial charge >= 0.3 is 0 Å². The summed E-state index contributed by atoms with van der Waals surface area (Å²) in [4.78, 5) is 14.2. The number of fused-ring (bicyclic) bond motifs is 1. The Kier molecular flexibility index (Phi) is 5.43. The molecule has 3 N–H and O–H groups in total. The van der Waals surface area contributed by atoms with Gasteiger partial charge in [-0.3, -0.25) is 4.98 Å². The fourth-order valence-corrected chi connectivity index (χ4v) is 4.55. The first-order valence-electron chi connectivity index (χ1n) is 10.7. The standard InChI is InChI=1S/C25H24ClN5/c26-20-15-18(14-17-10-7-13-28-21(17)20)23-22(16-8-3-1-4-9-16)30-24(27)25(31-23)29-19-11-5-2-6-12-19/h1,3-4,7-10,13-15,19H,2,5-6,11-12H2,(H2,27,30)(H,29,31). The van der Waals surface area contributed by atoms with Crippen molar-refractivity contribution in [3.63, 3.8) is 0 Å². The largest absolute Gasteiger partial charge is 0.381 e. The van der Waals surface area contributed by atoms with E-state index in [1.807, 2.05) is 48.5 Å². The minimum Gasteiger partial charge on any atom is -0.381 e. The van der Waals surface area contributed by atoms with Crippen molar-refractivity contribution >= 4 is 34.1 Å².